The molecule has 3 N–H and O–H groups in total. The molecule has 1 aromatic carbocycles. The zero-order chi connectivity index (χ0) is 22.0. The van der Waals surface area contributed by atoms with Gasteiger partial charge in [0.25, 0.3) is 11.8 Å². The van der Waals surface area contributed by atoms with Gasteiger partial charge in [-0.2, -0.15) is 0 Å². The van der Waals surface area contributed by atoms with Crippen molar-refractivity contribution in [2.75, 3.05) is 24.5 Å². The Bertz CT molecular complexity index is 796. The first-order valence-corrected chi connectivity index (χ1v) is 11.6. The van der Waals surface area contributed by atoms with Crippen LogP contribution in [0.25, 0.3) is 0 Å². The largest absolute Gasteiger partial charge is 0.372 e. The monoisotopic (exact) mass is 426 g/mol. The average molecular weight is 427 g/mol. The molecule has 0 spiro atoms. The van der Waals surface area contributed by atoms with Crippen molar-refractivity contribution in [1.29, 1.82) is 0 Å². The number of amides is 3. The Morgan fingerprint density at radius 2 is 1.45 bits per heavy atom. The van der Waals surface area contributed by atoms with E-state index in [-0.39, 0.29) is 23.8 Å². The molecule has 0 unspecified atom stereocenters. The van der Waals surface area contributed by atoms with Crippen LogP contribution in [-0.4, -0.2) is 37.4 Å². The van der Waals surface area contributed by atoms with Crippen molar-refractivity contribution in [3.63, 3.8) is 0 Å². The van der Waals surface area contributed by atoms with Crippen LogP contribution in [0.15, 0.2) is 24.3 Å². The maximum absolute atomic E-state index is 12.9. The molecule has 4 aliphatic carbocycles. The van der Waals surface area contributed by atoms with Crippen LogP contribution in [0.5, 0.6) is 0 Å². The van der Waals surface area contributed by atoms with Crippen LogP contribution >= 0.6 is 0 Å². The highest BCUT2D eigenvalue weighted by atomic mass is 16.2. The molecular formula is C24H34N4O3. The van der Waals surface area contributed by atoms with Gasteiger partial charge in [-0.25, -0.2) is 0 Å². The highest BCUT2D eigenvalue weighted by Crippen LogP contribution is 2.60. The van der Waals surface area contributed by atoms with E-state index in [0.29, 0.717) is 23.3 Å². The van der Waals surface area contributed by atoms with E-state index in [1.54, 1.807) is 12.1 Å². The summed E-state index contributed by atoms with van der Waals surface area (Å²) in [6.07, 6.45) is 6.71. The molecule has 3 amide bonds. The topological polar surface area (TPSA) is 90.5 Å². The number of carbonyl (C=O) groups excluding carboxylic acids is 3. The summed E-state index contributed by atoms with van der Waals surface area (Å²) < 4.78 is 0. The Balaban J connectivity index is 1.23. The molecule has 0 atom stereocenters. The lowest BCUT2D eigenvalue weighted by atomic mass is 9.49. The van der Waals surface area contributed by atoms with Crippen LogP contribution in [0.1, 0.15) is 62.7 Å². The van der Waals surface area contributed by atoms with Crippen LogP contribution in [0.4, 0.5) is 5.69 Å². The van der Waals surface area contributed by atoms with Gasteiger partial charge in [0, 0.05) is 29.8 Å². The van der Waals surface area contributed by atoms with E-state index in [9.17, 15) is 14.4 Å². The lowest BCUT2D eigenvalue weighted by molar-refractivity contribution is -0.147. The third-order valence-corrected chi connectivity index (χ3v) is 7.50. The van der Waals surface area contributed by atoms with Gasteiger partial charge in [0.05, 0.1) is 6.54 Å². The molecule has 168 valence electrons. The summed E-state index contributed by atoms with van der Waals surface area (Å²) in [7, 11) is 0. The Labute approximate surface area is 184 Å². The summed E-state index contributed by atoms with van der Waals surface area (Å²) in [6, 6.07) is 7.28. The van der Waals surface area contributed by atoms with Crippen molar-refractivity contribution in [2.45, 2.75) is 52.4 Å². The third kappa shape index (κ3) is 4.55. The van der Waals surface area contributed by atoms with Crippen LogP contribution in [-0.2, 0) is 9.59 Å². The van der Waals surface area contributed by atoms with E-state index in [2.05, 4.69) is 34.9 Å². The minimum absolute atomic E-state index is 0.0140. The summed E-state index contributed by atoms with van der Waals surface area (Å²) in [5.41, 5.74) is 6.08. The summed E-state index contributed by atoms with van der Waals surface area (Å²) in [5.74, 6) is 1.24. The van der Waals surface area contributed by atoms with Gasteiger partial charge in [-0.15, -0.1) is 0 Å². The lowest BCUT2D eigenvalue weighted by Crippen LogP contribution is -2.55. The molecule has 4 fully saturated rings. The molecule has 0 aromatic heterocycles. The van der Waals surface area contributed by atoms with Gasteiger partial charge < -0.3 is 10.2 Å². The molecule has 0 aliphatic heterocycles. The maximum atomic E-state index is 12.9. The fourth-order valence-electron chi connectivity index (χ4n) is 6.39. The molecule has 31 heavy (non-hydrogen) atoms. The first-order chi connectivity index (χ1) is 14.9. The van der Waals surface area contributed by atoms with Crippen molar-refractivity contribution in [3.05, 3.63) is 29.8 Å². The van der Waals surface area contributed by atoms with Crippen LogP contribution in [0, 0.1) is 23.2 Å². The predicted octanol–water partition coefficient (Wildman–Crippen LogP) is 2.63. The zero-order valence-corrected chi connectivity index (χ0v) is 18.6. The van der Waals surface area contributed by atoms with Crippen molar-refractivity contribution in [2.24, 2.45) is 23.2 Å². The lowest BCUT2D eigenvalue weighted by Gasteiger charge is -2.55. The van der Waals surface area contributed by atoms with Crippen molar-refractivity contribution < 1.29 is 14.4 Å². The molecule has 0 heterocycles. The average Bonchev–Trinajstić information content (AvgIpc) is 2.76. The second-order valence-corrected chi connectivity index (χ2v) is 9.60. The molecule has 0 radical (unpaired) electrons. The predicted molar refractivity (Wildman–Crippen MR) is 119 cm³/mol. The smallest absolute Gasteiger partial charge is 0.269 e. The number of anilines is 1. The van der Waals surface area contributed by atoms with Crippen molar-refractivity contribution >= 4 is 23.4 Å². The van der Waals surface area contributed by atoms with E-state index >= 15 is 0 Å². The molecule has 1 aromatic rings. The fourth-order valence-corrected chi connectivity index (χ4v) is 6.39. The standard InChI is InChI=1S/C24H34N4O3/c1-3-28(4-2)20-7-5-19(6-8-20)22(30)27-26-21(29)15-25-23(31)24-12-16-9-17(13-24)11-18(10-16)14-24/h5-8,16-18H,3-4,9-15H2,1-2H3,(H,25,31)(H,26,29)(H,27,30). The van der Waals surface area contributed by atoms with Crippen LogP contribution in [0.2, 0.25) is 0 Å². The van der Waals surface area contributed by atoms with Gasteiger partial charge in [0.1, 0.15) is 0 Å². The Morgan fingerprint density at radius 3 is 1.97 bits per heavy atom. The highest BCUT2D eigenvalue weighted by Gasteiger charge is 2.54. The van der Waals surface area contributed by atoms with Crippen molar-refractivity contribution in [1.82, 2.24) is 16.2 Å². The van der Waals surface area contributed by atoms with Gasteiger partial charge >= 0.3 is 0 Å². The Hall–Kier alpha value is -2.57. The molecule has 5 rings (SSSR count). The third-order valence-electron chi connectivity index (χ3n) is 7.50. The van der Waals surface area contributed by atoms with Gasteiger partial charge in [-0.05, 0) is 94.4 Å². The normalized spacial score (nSPS) is 28.1. The SMILES string of the molecule is CCN(CC)c1ccc(C(=O)NNC(=O)CNC(=O)C23CC4CC(CC(C4)C2)C3)cc1. The van der Waals surface area contributed by atoms with E-state index in [0.717, 1.165) is 38.0 Å². The maximum Gasteiger partial charge on any atom is 0.269 e. The molecule has 4 saturated carbocycles. The molecule has 0 saturated heterocycles. The number of hydrazine groups is 1. The number of nitrogens with one attached hydrogen (secondary N) is 3. The highest BCUT2D eigenvalue weighted by molar-refractivity contribution is 5.96. The van der Waals surface area contributed by atoms with Gasteiger partial charge in [-0.3, -0.25) is 25.2 Å². The molecular weight excluding hydrogens is 392 g/mol. The van der Waals surface area contributed by atoms with Crippen LogP contribution < -0.4 is 21.1 Å². The molecule has 7 heteroatoms. The van der Waals surface area contributed by atoms with E-state index in [4.69, 9.17) is 0 Å². The fraction of sp³-hybridized carbons (Fsp3) is 0.625. The number of nitrogens with zero attached hydrogens (tertiary/aromatic N) is 1. The Kier molecular flexibility index (Phi) is 6.21. The summed E-state index contributed by atoms with van der Waals surface area (Å²) in [4.78, 5) is 39.6. The quantitative estimate of drug-likeness (QED) is 0.585. The molecule has 4 aliphatic rings. The van der Waals surface area contributed by atoms with Crippen LogP contribution in [0.3, 0.4) is 0 Å². The summed E-state index contributed by atoms with van der Waals surface area (Å²) in [6.45, 7) is 5.84. The van der Waals surface area contributed by atoms with Crippen molar-refractivity contribution in [3.8, 4) is 0 Å². The van der Waals surface area contributed by atoms with Gasteiger partial charge in [0.2, 0.25) is 5.91 Å². The van der Waals surface area contributed by atoms with E-state index in [1.165, 1.54) is 19.3 Å². The first-order valence-electron chi connectivity index (χ1n) is 11.6. The number of hydrogen-bond acceptors (Lipinski definition) is 4. The second-order valence-electron chi connectivity index (χ2n) is 9.60. The number of carbonyl (C=O) groups is 3. The molecule has 7 nitrogen and oxygen atoms in total. The number of rotatable bonds is 7. The minimum Gasteiger partial charge on any atom is -0.372 e. The Morgan fingerprint density at radius 1 is 0.903 bits per heavy atom. The summed E-state index contributed by atoms with van der Waals surface area (Å²) >= 11 is 0. The van der Waals surface area contributed by atoms with E-state index < -0.39 is 5.91 Å². The first kappa shape index (κ1) is 21.7. The zero-order valence-electron chi connectivity index (χ0n) is 18.6. The van der Waals surface area contributed by atoms with Gasteiger partial charge in [-0.1, -0.05) is 0 Å². The number of benzene rings is 1. The summed E-state index contributed by atoms with van der Waals surface area (Å²) in [5, 5.41) is 2.83. The minimum atomic E-state index is -0.425. The second kappa shape index (κ2) is 8.89. The van der Waals surface area contributed by atoms with E-state index in [1.807, 2.05) is 12.1 Å². The number of hydrogen-bond donors (Lipinski definition) is 3. The van der Waals surface area contributed by atoms with Gasteiger partial charge in [0.15, 0.2) is 0 Å². The molecule has 4 bridgehead atoms.